The normalized spacial score (nSPS) is 20.5. The molecule has 0 bridgehead atoms. The predicted octanol–water partition coefficient (Wildman–Crippen LogP) is 2.95. The SMILES string of the molecule is Cc1nc([C@@H]2CCCN(C(=O)[C@@H](C)c3ccsc3)C2)no1. The minimum atomic E-state index is -0.0815. The number of piperidine rings is 1. The second kappa shape index (κ2) is 5.97. The fourth-order valence-corrected chi connectivity index (χ4v) is 3.56. The van der Waals surface area contributed by atoms with Crippen LogP contribution >= 0.6 is 11.3 Å². The van der Waals surface area contributed by atoms with Gasteiger partial charge in [0.05, 0.1) is 5.92 Å². The van der Waals surface area contributed by atoms with Crippen LogP contribution in [0.3, 0.4) is 0 Å². The zero-order valence-electron chi connectivity index (χ0n) is 12.3. The van der Waals surface area contributed by atoms with Crippen molar-refractivity contribution >= 4 is 17.2 Å². The van der Waals surface area contributed by atoms with Gasteiger partial charge in [0.25, 0.3) is 0 Å². The van der Waals surface area contributed by atoms with Crippen molar-refractivity contribution in [2.24, 2.45) is 0 Å². The highest BCUT2D eigenvalue weighted by Gasteiger charge is 2.30. The first-order chi connectivity index (χ1) is 10.1. The Labute approximate surface area is 128 Å². The highest BCUT2D eigenvalue weighted by Crippen LogP contribution is 2.28. The predicted molar refractivity (Wildman–Crippen MR) is 80.3 cm³/mol. The molecule has 0 saturated carbocycles. The summed E-state index contributed by atoms with van der Waals surface area (Å²) in [5.41, 5.74) is 1.10. The molecule has 1 aliphatic heterocycles. The Balaban J connectivity index is 1.69. The van der Waals surface area contributed by atoms with Gasteiger partial charge in [0.15, 0.2) is 5.82 Å². The molecule has 1 aliphatic rings. The van der Waals surface area contributed by atoms with E-state index in [1.165, 1.54) is 0 Å². The molecule has 0 aliphatic carbocycles. The number of carbonyl (C=O) groups is 1. The number of hydrogen-bond acceptors (Lipinski definition) is 5. The van der Waals surface area contributed by atoms with Crippen molar-refractivity contribution < 1.29 is 9.32 Å². The molecule has 2 aromatic heterocycles. The molecule has 0 radical (unpaired) electrons. The summed E-state index contributed by atoms with van der Waals surface area (Å²) >= 11 is 1.63. The van der Waals surface area contributed by atoms with Gasteiger partial charge in [0.2, 0.25) is 11.8 Å². The molecule has 112 valence electrons. The van der Waals surface area contributed by atoms with Crippen LogP contribution in [0, 0.1) is 6.92 Å². The summed E-state index contributed by atoms with van der Waals surface area (Å²) in [6.07, 6.45) is 2.00. The van der Waals surface area contributed by atoms with Crippen LogP contribution in [0.4, 0.5) is 0 Å². The fourth-order valence-electron chi connectivity index (χ4n) is 2.81. The van der Waals surface area contributed by atoms with Crippen molar-refractivity contribution in [2.75, 3.05) is 13.1 Å². The summed E-state index contributed by atoms with van der Waals surface area (Å²) in [6.45, 7) is 5.28. The van der Waals surface area contributed by atoms with E-state index in [1.54, 1.807) is 18.3 Å². The van der Waals surface area contributed by atoms with Crippen LogP contribution in [0.15, 0.2) is 21.3 Å². The summed E-state index contributed by atoms with van der Waals surface area (Å²) < 4.78 is 5.06. The molecule has 2 atom stereocenters. The Morgan fingerprint density at radius 1 is 1.57 bits per heavy atom. The molecule has 2 aromatic rings. The Morgan fingerprint density at radius 3 is 3.10 bits per heavy atom. The van der Waals surface area contributed by atoms with Crippen LogP contribution < -0.4 is 0 Å². The van der Waals surface area contributed by atoms with Gasteiger partial charge in [0, 0.05) is 25.9 Å². The number of rotatable bonds is 3. The second-order valence-electron chi connectivity index (χ2n) is 5.57. The molecule has 5 nitrogen and oxygen atoms in total. The lowest BCUT2D eigenvalue weighted by Gasteiger charge is -2.33. The van der Waals surface area contributed by atoms with Crippen molar-refractivity contribution in [3.8, 4) is 0 Å². The average molecular weight is 305 g/mol. The lowest BCUT2D eigenvalue weighted by Crippen LogP contribution is -2.41. The van der Waals surface area contributed by atoms with E-state index >= 15 is 0 Å². The third-order valence-electron chi connectivity index (χ3n) is 4.06. The topological polar surface area (TPSA) is 59.2 Å². The number of aromatic nitrogens is 2. The van der Waals surface area contributed by atoms with E-state index in [1.807, 2.05) is 28.7 Å². The first-order valence-corrected chi connectivity index (χ1v) is 8.20. The van der Waals surface area contributed by atoms with Crippen LogP contribution in [0.2, 0.25) is 0 Å². The molecule has 0 aromatic carbocycles. The molecule has 21 heavy (non-hydrogen) atoms. The summed E-state index contributed by atoms with van der Waals surface area (Å²) in [5.74, 6) is 1.61. The monoisotopic (exact) mass is 305 g/mol. The van der Waals surface area contributed by atoms with Gasteiger partial charge >= 0.3 is 0 Å². The summed E-state index contributed by atoms with van der Waals surface area (Å²) in [4.78, 5) is 18.9. The van der Waals surface area contributed by atoms with Crippen molar-refractivity contribution in [1.82, 2.24) is 15.0 Å². The molecule has 3 heterocycles. The number of carbonyl (C=O) groups excluding carboxylic acids is 1. The minimum absolute atomic E-state index is 0.0815. The zero-order valence-corrected chi connectivity index (χ0v) is 13.1. The molecule has 0 N–H and O–H groups in total. The van der Waals surface area contributed by atoms with Crippen LogP contribution in [0.5, 0.6) is 0 Å². The molecular weight excluding hydrogens is 286 g/mol. The number of hydrogen-bond donors (Lipinski definition) is 0. The lowest BCUT2D eigenvalue weighted by molar-refractivity contribution is -0.133. The Hall–Kier alpha value is -1.69. The van der Waals surface area contributed by atoms with E-state index in [0.29, 0.717) is 12.4 Å². The van der Waals surface area contributed by atoms with E-state index in [9.17, 15) is 4.79 Å². The van der Waals surface area contributed by atoms with Crippen molar-refractivity contribution in [1.29, 1.82) is 0 Å². The van der Waals surface area contributed by atoms with E-state index in [4.69, 9.17) is 4.52 Å². The second-order valence-corrected chi connectivity index (χ2v) is 6.35. The first-order valence-electron chi connectivity index (χ1n) is 7.26. The number of amides is 1. The summed E-state index contributed by atoms with van der Waals surface area (Å²) in [5, 5.41) is 8.07. The van der Waals surface area contributed by atoms with Gasteiger partial charge in [-0.05, 0) is 42.2 Å². The van der Waals surface area contributed by atoms with Gasteiger partial charge in [0.1, 0.15) is 0 Å². The maximum absolute atomic E-state index is 12.6. The van der Waals surface area contributed by atoms with Crippen LogP contribution in [-0.2, 0) is 4.79 Å². The number of aryl methyl sites for hydroxylation is 1. The highest BCUT2D eigenvalue weighted by molar-refractivity contribution is 7.08. The van der Waals surface area contributed by atoms with Gasteiger partial charge < -0.3 is 9.42 Å². The largest absolute Gasteiger partial charge is 0.341 e. The first kappa shape index (κ1) is 14.3. The van der Waals surface area contributed by atoms with Crippen molar-refractivity contribution in [3.05, 3.63) is 34.1 Å². The van der Waals surface area contributed by atoms with Crippen molar-refractivity contribution in [2.45, 2.75) is 38.5 Å². The third kappa shape index (κ3) is 3.00. The number of thiophene rings is 1. The maximum atomic E-state index is 12.6. The number of likely N-dealkylation sites (tertiary alicyclic amines) is 1. The molecule has 6 heteroatoms. The molecule has 1 fully saturated rings. The van der Waals surface area contributed by atoms with Gasteiger partial charge in [-0.3, -0.25) is 4.79 Å². The van der Waals surface area contributed by atoms with E-state index in [-0.39, 0.29) is 17.7 Å². The minimum Gasteiger partial charge on any atom is -0.341 e. The summed E-state index contributed by atoms with van der Waals surface area (Å²) in [7, 11) is 0. The molecule has 0 unspecified atom stereocenters. The Kier molecular flexibility index (Phi) is 4.05. The Bertz CT molecular complexity index is 608. The average Bonchev–Trinajstić information content (AvgIpc) is 3.17. The van der Waals surface area contributed by atoms with Crippen molar-refractivity contribution in [3.63, 3.8) is 0 Å². The maximum Gasteiger partial charge on any atom is 0.229 e. The van der Waals surface area contributed by atoms with Gasteiger partial charge in [-0.2, -0.15) is 16.3 Å². The van der Waals surface area contributed by atoms with Crippen LogP contribution in [-0.4, -0.2) is 34.0 Å². The van der Waals surface area contributed by atoms with Gasteiger partial charge in [-0.1, -0.05) is 5.16 Å². The molecule has 0 spiro atoms. The summed E-state index contributed by atoms with van der Waals surface area (Å²) in [6, 6.07) is 2.03. The standard InChI is InChI=1S/C15H19N3O2S/c1-10(13-5-7-21-9-13)15(19)18-6-3-4-12(8-18)14-16-11(2)20-17-14/h5,7,9-10,12H,3-4,6,8H2,1-2H3/t10-,12+/m0/s1. The van der Waals surface area contributed by atoms with Gasteiger partial charge in [-0.15, -0.1) is 0 Å². The molecule has 3 rings (SSSR count). The lowest BCUT2D eigenvalue weighted by atomic mass is 9.95. The molecule has 1 amide bonds. The van der Waals surface area contributed by atoms with Crippen LogP contribution in [0.1, 0.15) is 48.9 Å². The third-order valence-corrected chi connectivity index (χ3v) is 4.76. The number of nitrogens with zero attached hydrogens (tertiary/aromatic N) is 3. The van der Waals surface area contributed by atoms with E-state index in [2.05, 4.69) is 10.1 Å². The van der Waals surface area contributed by atoms with E-state index < -0.39 is 0 Å². The fraction of sp³-hybridized carbons (Fsp3) is 0.533. The van der Waals surface area contributed by atoms with Crippen LogP contribution in [0.25, 0.3) is 0 Å². The zero-order chi connectivity index (χ0) is 14.8. The quantitative estimate of drug-likeness (QED) is 0.875. The molecule has 1 saturated heterocycles. The highest BCUT2D eigenvalue weighted by atomic mass is 32.1. The van der Waals surface area contributed by atoms with Gasteiger partial charge in [-0.25, -0.2) is 0 Å². The molecular formula is C15H19N3O2S. The Morgan fingerprint density at radius 2 is 2.43 bits per heavy atom. The van der Waals surface area contributed by atoms with E-state index in [0.717, 1.165) is 30.8 Å². The smallest absolute Gasteiger partial charge is 0.229 e.